The summed E-state index contributed by atoms with van der Waals surface area (Å²) in [5, 5.41) is 0. The second-order valence-corrected chi connectivity index (χ2v) is 9.20. The first kappa shape index (κ1) is 18.5. The number of allylic oxidation sites excluding steroid dienone is 2. The average Bonchev–Trinajstić information content (AvgIpc) is 3.30. The molecule has 26 heavy (non-hydrogen) atoms. The lowest BCUT2D eigenvalue weighted by Gasteiger charge is -2.32. The molecule has 1 aliphatic heterocycles. The number of carbonyl (C=O) groups is 1. The number of nitrogens with zero attached hydrogens (tertiary/aromatic N) is 1. The van der Waals surface area contributed by atoms with Crippen LogP contribution in [0.15, 0.2) is 12.2 Å². The minimum atomic E-state index is 0.441. The van der Waals surface area contributed by atoms with E-state index in [0.717, 1.165) is 64.2 Å². The molecule has 3 aliphatic carbocycles. The smallest absolute Gasteiger partial charge is 0.223 e. The number of carbonyl (C=O) groups excluding carboxylic acids is 1. The number of hydrogen-bond acceptors (Lipinski definition) is 2. The van der Waals surface area contributed by atoms with Crippen molar-refractivity contribution < 1.29 is 14.4 Å². The van der Waals surface area contributed by atoms with E-state index in [1.807, 2.05) is 0 Å². The maximum atomic E-state index is 13.2. The first-order valence-corrected chi connectivity index (χ1v) is 11.2. The van der Waals surface area contributed by atoms with Crippen LogP contribution in [0.3, 0.4) is 0 Å². The van der Waals surface area contributed by atoms with Gasteiger partial charge < -0.3 is 14.5 Å². The van der Waals surface area contributed by atoms with Crippen molar-refractivity contribution >= 4 is 5.91 Å². The molecule has 4 aliphatic rings. The molecule has 3 fully saturated rings. The van der Waals surface area contributed by atoms with Gasteiger partial charge in [-0.25, -0.2) is 0 Å². The van der Waals surface area contributed by atoms with Crippen LogP contribution < -0.4 is 4.90 Å². The number of quaternary nitrogens is 1. The second kappa shape index (κ2) is 8.88. The fraction of sp³-hybridized carbons (Fsp3) is 0.864. The molecule has 3 atom stereocenters. The fourth-order valence-electron chi connectivity index (χ4n) is 5.68. The number of amides is 1. The zero-order valence-corrected chi connectivity index (χ0v) is 16.3. The number of hydrogen-bond donors (Lipinski definition) is 1. The van der Waals surface area contributed by atoms with Gasteiger partial charge in [-0.3, -0.25) is 4.79 Å². The zero-order valence-electron chi connectivity index (χ0n) is 16.3. The van der Waals surface area contributed by atoms with Crippen molar-refractivity contribution in [2.24, 2.45) is 23.7 Å². The molecule has 2 bridgehead atoms. The zero-order chi connectivity index (χ0) is 17.8. The average molecular weight is 362 g/mol. The second-order valence-electron chi connectivity index (χ2n) is 9.20. The molecule has 4 nitrogen and oxygen atoms in total. The van der Waals surface area contributed by atoms with E-state index in [-0.39, 0.29) is 0 Å². The van der Waals surface area contributed by atoms with E-state index in [9.17, 15) is 4.79 Å². The molecule has 0 radical (unpaired) electrons. The lowest BCUT2D eigenvalue weighted by atomic mass is 9.86. The minimum absolute atomic E-state index is 0.441. The maximum Gasteiger partial charge on any atom is 0.223 e. The van der Waals surface area contributed by atoms with Gasteiger partial charge in [-0.05, 0) is 49.4 Å². The number of morpholine rings is 1. The Bertz CT molecular complexity index is 494. The summed E-state index contributed by atoms with van der Waals surface area (Å²) in [5.74, 6) is 3.33. The summed E-state index contributed by atoms with van der Waals surface area (Å²) in [6.45, 7) is 6.99. The van der Waals surface area contributed by atoms with Crippen LogP contribution in [-0.2, 0) is 9.53 Å². The highest BCUT2D eigenvalue weighted by atomic mass is 16.5. The molecular weight excluding hydrogens is 324 g/mol. The Morgan fingerprint density at radius 3 is 2.58 bits per heavy atom. The first-order chi connectivity index (χ1) is 12.8. The van der Waals surface area contributed by atoms with Crippen molar-refractivity contribution in [2.75, 3.05) is 45.9 Å². The summed E-state index contributed by atoms with van der Waals surface area (Å²) < 4.78 is 5.49. The third-order valence-corrected chi connectivity index (χ3v) is 7.35. The van der Waals surface area contributed by atoms with E-state index in [2.05, 4.69) is 17.1 Å². The molecule has 0 unspecified atom stereocenters. The summed E-state index contributed by atoms with van der Waals surface area (Å²) >= 11 is 0. The van der Waals surface area contributed by atoms with Crippen molar-refractivity contribution in [2.45, 2.75) is 51.4 Å². The third-order valence-electron chi connectivity index (χ3n) is 7.35. The van der Waals surface area contributed by atoms with Crippen molar-refractivity contribution in [1.29, 1.82) is 0 Å². The van der Waals surface area contributed by atoms with Crippen LogP contribution >= 0.6 is 0 Å². The van der Waals surface area contributed by atoms with Crippen molar-refractivity contribution in [1.82, 2.24) is 4.90 Å². The highest BCUT2D eigenvalue weighted by Gasteiger charge is 2.37. The van der Waals surface area contributed by atoms with E-state index < -0.39 is 0 Å². The van der Waals surface area contributed by atoms with Crippen LogP contribution in [0.25, 0.3) is 0 Å². The summed E-state index contributed by atoms with van der Waals surface area (Å²) in [4.78, 5) is 17.0. The van der Waals surface area contributed by atoms with Gasteiger partial charge in [0.1, 0.15) is 13.1 Å². The standard InChI is InChI=1S/C22H36N2O2/c25-22(16-18-4-2-1-3-5-18)24(9-8-23-10-12-26-13-11-23)17-21-15-19-6-7-20(21)14-19/h6-7,18-21H,1-5,8-17H2/p+1/t19-,20+,21-/m0/s1. The molecule has 0 spiro atoms. The predicted octanol–water partition coefficient (Wildman–Crippen LogP) is 1.91. The molecule has 0 aromatic carbocycles. The molecule has 4 heteroatoms. The molecule has 0 aromatic rings. The van der Waals surface area contributed by atoms with Gasteiger partial charge in [-0.1, -0.05) is 31.4 Å². The van der Waals surface area contributed by atoms with Gasteiger partial charge in [0.2, 0.25) is 5.91 Å². The van der Waals surface area contributed by atoms with Gasteiger partial charge in [0.15, 0.2) is 0 Å². The highest BCUT2D eigenvalue weighted by Crippen LogP contribution is 2.43. The Morgan fingerprint density at radius 1 is 1.08 bits per heavy atom. The van der Waals surface area contributed by atoms with Crippen LogP contribution in [0, 0.1) is 23.7 Å². The Labute approximate surface area is 158 Å². The van der Waals surface area contributed by atoms with Gasteiger partial charge in [0.05, 0.1) is 26.3 Å². The number of fused-ring (bicyclic) bond motifs is 2. The topological polar surface area (TPSA) is 34.0 Å². The molecule has 1 saturated heterocycles. The Kier molecular flexibility index (Phi) is 6.31. The van der Waals surface area contributed by atoms with Crippen LogP contribution in [0.4, 0.5) is 0 Å². The van der Waals surface area contributed by atoms with Gasteiger partial charge in [-0.2, -0.15) is 0 Å². The van der Waals surface area contributed by atoms with Gasteiger partial charge in [0.25, 0.3) is 0 Å². The summed E-state index contributed by atoms with van der Waals surface area (Å²) in [6.07, 6.45) is 14.8. The predicted molar refractivity (Wildman–Crippen MR) is 103 cm³/mol. The number of nitrogens with one attached hydrogen (secondary N) is 1. The molecule has 2 saturated carbocycles. The Morgan fingerprint density at radius 2 is 1.88 bits per heavy atom. The lowest BCUT2D eigenvalue weighted by molar-refractivity contribution is -0.907. The fourth-order valence-corrected chi connectivity index (χ4v) is 5.68. The van der Waals surface area contributed by atoms with Gasteiger partial charge >= 0.3 is 0 Å². The van der Waals surface area contributed by atoms with E-state index in [1.54, 1.807) is 4.90 Å². The molecule has 0 aromatic heterocycles. The van der Waals surface area contributed by atoms with Crippen LogP contribution in [0.2, 0.25) is 0 Å². The normalized spacial score (nSPS) is 32.2. The van der Waals surface area contributed by atoms with Crippen molar-refractivity contribution in [3.05, 3.63) is 12.2 Å². The molecule has 1 amide bonds. The summed E-state index contributed by atoms with van der Waals surface area (Å²) in [7, 11) is 0. The summed E-state index contributed by atoms with van der Waals surface area (Å²) in [5.41, 5.74) is 0. The van der Waals surface area contributed by atoms with Crippen molar-refractivity contribution in [3.63, 3.8) is 0 Å². The lowest BCUT2D eigenvalue weighted by Crippen LogP contribution is -3.14. The first-order valence-electron chi connectivity index (χ1n) is 11.2. The van der Waals surface area contributed by atoms with E-state index in [0.29, 0.717) is 17.7 Å². The molecule has 1 N–H and O–H groups in total. The highest BCUT2D eigenvalue weighted by molar-refractivity contribution is 5.76. The quantitative estimate of drug-likeness (QED) is 0.703. The Hall–Kier alpha value is -0.870. The van der Waals surface area contributed by atoms with Gasteiger partial charge in [0, 0.05) is 13.0 Å². The maximum absolute atomic E-state index is 13.2. The Balaban J connectivity index is 1.33. The van der Waals surface area contributed by atoms with Gasteiger partial charge in [-0.15, -0.1) is 0 Å². The molecule has 1 heterocycles. The van der Waals surface area contributed by atoms with Crippen LogP contribution in [0.1, 0.15) is 51.4 Å². The summed E-state index contributed by atoms with van der Waals surface area (Å²) in [6, 6.07) is 0. The van der Waals surface area contributed by atoms with E-state index in [1.165, 1.54) is 44.9 Å². The molecular formula is C22H37N2O2+. The molecule has 4 rings (SSSR count). The van der Waals surface area contributed by atoms with Crippen molar-refractivity contribution in [3.8, 4) is 0 Å². The number of rotatable bonds is 7. The monoisotopic (exact) mass is 361 g/mol. The minimum Gasteiger partial charge on any atom is -0.370 e. The number of ether oxygens (including phenoxy) is 1. The van der Waals surface area contributed by atoms with Crippen LogP contribution in [0.5, 0.6) is 0 Å². The largest absolute Gasteiger partial charge is 0.370 e. The molecule has 146 valence electrons. The van der Waals surface area contributed by atoms with Crippen LogP contribution in [-0.4, -0.2) is 56.7 Å². The SMILES string of the molecule is O=C(CC1CCCCC1)N(CC[NH+]1CCOCC1)C[C@@H]1C[C@H]2C=C[C@@H]1C2. The van der Waals surface area contributed by atoms with E-state index >= 15 is 0 Å². The third kappa shape index (κ3) is 4.69. The van der Waals surface area contributed by atoms with E-state index in [4.69, 9.17) is 4.74 Å².